The Bertz CT molecular complexity index is 554. The molecule has 1 aromatic carbocycles. The SMILES string of the molecule is CNC(C(=O)c1ccc2ccoc2c1)C1CC1. The van der Waals surface area contributed by atoms with E-state index in [4.69, 9.17) is 4.42 Å². The van der Waals surface area contributed by atoms with E-state index >= 15 is 0 Å². The fourth-order valence-corrected chi connectivity index (χ4v) is 2.30. The number of hydrogen-bond donors (Lipinski definition) is 1. The second-order valence-corrected chi connectivity index (χ2v) is 4.64. The van der Waals surface area contributed by atoms with Crippen molar-refractivity contribution in [2.45, 2.75) is 18.9 Å². The highest BCUT2D eigenvalue weighted by atomic mass is 16.3. The summed E-state index contributed by atoms with van der Waals surface area (Å²) in [6, 6.07) is 7.52. The predicted octanol–water partition coefficient (Wildman–Crippen LogP) is 2.61. The second-order valence-electron chi connectivity index (χ2n) is 4.64. The predicted molar refractivity (Wildman–Crippen MR) is 66.1 cm³/mol. The number of benzene rings is 1. The van der Waals surface area contributed by atoms with Gasteiger partial charge >= 0.3 is 0 Å². The third kappa shape index (κ3) is 1.87. The minimum Gasteiger partial charge on any atom is -0.464 e. The van der Waals surface area contributed by atoms with Gasteiger partial charge in [0.1, 0.15) is 5.58 Å². The number of Topliss-reactive ketones (excluding diaryl/α,β-unsaturated/α-hetero) is 1. The lowest BCUT2D eigenvalue weighted by Crippen LogP contribution is -2.36. The van der Waals surface area contributed by atoms with E-state index in [-0.39, 0.29) is 11.8 Å². The van der Waals surface area contributed by atoms with E-state index in [0.717, 1.165) is 29.4 Å². The third-order valence-electron chi connectivity index (χ3n) is 3.43. The van der Waals surface area contributed by atoms with Crippen LogP contribution >= 0.6 is 0 Å². The molecule has 0 bridgehead atoms. The average Bonchev–Trinajstić information content (AvgIpc) is 3.07. The smallest absolute Gasteiger partial charge is 0.180 e. The zero-order chi connectivity index (χ0) is 11.8. The summed E-state index contributed by atoms with van der Waals surface area (Å²) in [6.07, 6.45) is 3.95. The van der Waals surface area contributed by atoms with Crippen LogP contribution in [-0.4, -0.2) is 18.9 Å². The fourth-order valence-electron chi connectivity index (χ4n) is 2.30. The van der Waals surface area contributed by atoms with Crippen LogP contribution in [0, 0.1) is 5.92 Å². The third-order valence-corrected chi connectivity index (χ3v) is 3.43. The number of ketones is 1. The van der Waals surface area contributed by atoms with Crippen molar-refractivity contribution in [2.24, 2.45) is 5.92 Å². The zero-order valence-corrected chi connectivity index (χ0v) is 9.77. The Morgan fingerprint density at radius 3 is 2.94 bits per heavy atom. The van der Waals surface area contributed by atoms with Crippen LogP contribution in [0.4, 0.5) is 0 Å². The monoisotopic (exact) mass is 229 g/mol. The van der Waals surface area contributed by atoms with Crippen molar-refractivity contribution in [3.63, 3.8) is 0 Å². The van der Waals surface area contributed by atoms with Crippen molar-refractivity contribution in [1.29, 1.82) is 0 Å². The number of rotatable bonds is 4. The van der Waals surface area contributed by atoms with Crippen LogP contribution in [0.5, 0.6) is 0 Å². The Balaban J connectivity index is 1.93. The Labute approximate surface area is 99.8 Å². The first-order valence-corrected chi connectivity index (χ1v) is 5.98. The Kier molecular flexibility index (Phi) is 2.48. The first kappa shape index (κ1) is 10.5. The van der Waals surface area contributed by atoms with Gasteiger partial charge in [0, 0.05) is 10.9 Å². The normalized spacial score (nSPS) is 17.2. The lowest BCUT2D eigenvalue weighted by molar-refractivity contribution is 0.0936. The Hall–Kier alpha value is -1.61. The van der Waals surface area contributed by atoms with Gasteiger partial charge in [0.2, 0.25) is 0 Å². The van der Waals surface area contributed by atoms with Gasteiger partial charge in [0.05, 0.1) is 12.3 Å². The van der Waals surface area contributed by atoms with Gasteiger partial charge in [-0.25, -0.2) is 0 Å². The number of carbonyl (C=O) groups excluding carboxylic acids is 1. The maximum Gasteiger partial charge on any atom is 0.180 e. The van der Waals surface area contributed by atoms with Crippen LogP contribution in [0.25, 0.3) is 11.0 Å². The molecule has 3 nitrogen and oxygen atoms in total. The average molecular weight is 229 g/mol. The van der Waals surface area contributed by atoms with Crippen LogP contribution in [-0.2, 0) is 0 Å². The van der Waals surface area contributed by atoms with Crippen molar-refractivity contribution in [1.82, 2.24) is 5.32 Å². The number of hydrogen-bond acceptors (Lipinski definition) is 3. The number of carbonyl (C=O) groups is 1. The molecule has 1 atom stereocenters. The summed E-state index contributed by atoms with van der Waals surface area (Å²) in [5.41, 5.74) is 1.51. The van der Waals surface area contributed by atoms with E-state index in [9.17, 15) is 4.79 Å². The van der Waals surface area contributed by atoms with Crippen molar-refractivity contribution >= 4 is 16.8 Å². The molecule has 1 fully saturated rings. The maximum absolute atomic E-state index is 12.3. The highest BCUT2D eigenvalue weighted by molar-refractivity contribution is 6.02. The summed E-state index contributed by atoms with van der Waals surface area (Å²) in [7, 11) is 1.85. The molecular weight excluding hydrogens is 214 g/mol. The van der Waals surface area contributed by atoms with E-state index in [0.29, 0.717) is 5.92 Å². The molecule has 0 aliphatic heterocycles. The topological polar surface area (TPSA) is 42.2 Å². The van der Waals surface area contributed by atoms with Crippen molar-refractivity contribution < 1.29 is 9.21 Å². The molecule has 0 spiro atoms. The molecule has 1 aliphatic carbocycles. The van der Waals surface area contributed by atoms with Gasteiger partial charge in [-0.2, -0.15) is 0 Å². The molecule has 88 valence electrons. The van der Waals surface area contributed by atoms with Crippen LogP contribution in [0.1, 0.15) is 23.2 Å². The number of fused-ring (bicyclic) bond motifs is 1. The lowest BCUT2D eigenvalue weighted by Gasteiger charge is -2.13. The molecule has 1 N–H and O–H groups in total. The van der Waals surface area contributed by atoms with Gasteiger partial charge in [-0.1, -0.05) is 12.1 Å². The standard InChI is InChI=1S/C14H15NO2/c1-15-13(10-3-4-10)14(16)11-5-2-9-6-7-17-12(9)8-11/h2,5-8,10,13,15H,3-4H2,1H3. The molecular formula is C14H15NO2. The molecule has 3 rings (SSSR count). The quantitative estimate of drug-likeness (QED) is 0.819. The summed E-state index contributed by atoms with van der Waals surface area (Å²) in [5.74, 6) is 0.688. The molecule has 0 amide bonds. The molecule has 1 saturated carbocycles. The molecule has 1 unspecified atom stereocenters. The lowest BCUT2D eigenvalue weighted by atomic mass is 10.00. The second kappa shape index (κ2) is 4.00. The molecule has 1 heterocycles. The van der Waals surface area contributed by atoms with Crippen molar-refractivity contribution in [2.75, 3.05) is 7.05 Å². The van der Waals surface area contributed by atoms with Gasteiger partial charge in [0.25, 0.3) is 0 Å². The minimum atomic E-state index is -0.0394. The highest BCUT2D eigenvalue weighted by Crippen LogP contribution is 2.34. The molecule has 0 radical (unpaired) electrons. The fraction of sp³-hybridized carbons (Fsp3) is 0.357. The van der Waals surface area contributed by atoms with E-state index in [1.54, 1.807) is 6.26 Å². The van der Waals surface area contributed by atoms with Gasteiger partial charge in [-0.3, -0.25) is 4.79 Å². The van der Waals surface area contributed by atoms with Gasteiger partial charge in [0.15, 0.2) is 5.78 Å². The van der Waals surface area contributed by atoms with Crippen LogP contribution < -0.4 is 5.32 Å². The molecule has 3 heteroatoms. The van der Waals surface area contributed by atoms with Gasteiger partial charge in [-0.05, 0) is 37.9 Å². The number of likely N-dealkylation sites (N-methyl/N-ethyl adjacent to an activating group) is 1. The minimum absolute atomic E-state index is 0.0394. The van der Waals surface area contributed by atoms with Gasteiger partial charge in [-0.15, -0.1) is 0 Å². The summed E-state index contributed by atoms with van der Waals surface area (Å²) in [5, 5.41) is 4.16. The zero-order valence-electron chi connectivity index (χ0n) is 9.77. The molecule has 17 heavy (non-hydrogen) atoms. The van der Waals surface area contributed by atoms with Gasteiger partial charge < -0.3 is 9.73 Å². The number of nitrogens with one attached hydrogen (secondary N) is 1. The Morgan fingerprint density at radius 2 is 2.24 bits per heavy atom. The Morgan fingerprint density at radius 1 is 1.41 bits per heavy atom. The summed E-state index contributed by atoms with van der Waals surface area (Å²) >= 11 is 0. The van der Waals surface area contributed by atoms with E-state index in [2.05, 4.69) is 5.32 Å². The van der Waals surface area contributed by atoms with Crippen LogP contribution in [0.3, 0.4) is 0 Å². The summed E-state index contributed by atoms with van der Waals surface area (Å²) in [6.45, 7) is 0. The molecule has 0 saturated heterocycles. The maximum atomic E-state index is 12.3. The molecule has 1 aliphatic rings. The first-order valence-electron chi connectivity index (χ1n) is 5.98. The molecule has 1 aromatic heterocycles. The first-order chi connectivity index (χ1) is 8.29. The number of furan rings is 1. The van der Waals surface area contributed by atoms with Crippen molar-refractivity contribution in [3.05, 3.63) is 36.1 Å². The summed E-state index contributed by atoms with van der Waals surface area (Å²) in [4.78, 5) is 12.3. The van der Waals surface area contributed by atoms with Crippen LogP contribution in [0.2, 0.25) is 0 Å². The van der Waals surface area contributed by atoms with Crippen molar-refractivity contribution in [3.8, 4) is 0 Å². The van der Waals surface area contributed by atoms with E-state index in [1.807, 2.05) is 31.3 Å². The largest absolute Gasteiger partial charge is 0.464 e. The summed E-state index contributed by atoms with van der Waals surface area (Å²) < 4.78 is 5.33. The van der Waals surface area contributed by atoms with Crippen LogP contribution in [0.15, 0.2) is 34.9 Å². The van der Waals surface area contributed by atoms with E-state index < -0.39 is 0 Å². The van der Waals surface area contributed by atoms with E-state index in [1.165, 1.54) is 0 Å². The molecule has 2 aromatic rings. The highest BCUT2D eigenvalue weighted by Gasteiger charge is 2.35.